The molecule has 4 aromatic rings. The van der Waals surface area contributed by atoms with Gasteiger partial charge in [0.1, 0.15) is 0 Å². The van der Waals surface area contributed by atoms with Crippen LogP contribution in [0.4, 0.5) is 0 Å². The number of nitrogens with zero attached hydrogens (tertiary/aromatic N) is 3. The number of rotatable bonds is 5. The number of aromatic nitrogens is 2. The first kappa shape index (κ1) is 17.5. The monoisotopic (exact) mass is 397 g/mol. The summed E-state index contributed by atoms with van der Waals surface area (Å²) >= 11 is 1.46. The van der Waals surface area contributed by atoms with Gasteiger partial charge in [0, 0.05) is 22.4 Å². The van der Waals surface area contributed by atoms with Crippen molar-refractivity contribution in [3.05, 3.63) is 94.5 Å². The molecule has 2 heterocycles. The third kappa shape index (κ3) is 2.71. The van der Waals surface area contributed by atoms with Gasteiger partial charge in [0.2, 0.25) is 11.8 Å². The summed E-state index contributed by atoms with van der Waals surface area (Å²) in [5, 5.41) is 22.2. The van der Waals surface area contributed by atoms with E-state index >= 15 is 0 Å². The lowest BCUT2D eigenvalue weighted by Gasteiger charge is -2.03. The molecule has 1 aliphatic rings. The highest BCUT2D eigenvalue weighted by Crippen LogP contribution is 2.66. The maximum absolute atomic E-state index is 13.2. The molecule has 140 valence electrons. The molecule has 3 atom stereocenters. The Bertz CT molecular complexity index is 1200. The molecule has 1 fully saturated rings. The van der Waals surface area contributed by atoms with Gasteiger partial charge in [-0.1, -0.05) is 48.5 Å². The summed E-state index contributed by atoms with van der Waals surface area (Å²) in [6, 6.07) is 23.2. The molecular formula is C23H15N3O2S. The van der Waals surface area contributed by atoms with Crippen LogP contribution >= 0.6 is 11.3 Å². The molecule has 6 heteroatoms. The predicted octanol–water partition coefficient (Wildman–Crippen LogP) is 4.86. The number of Topliss-reactive ketones (excluding diaryl/α,β-unsaturated/α-hetero) is 1. The lowest BCUT2D eigenvalue weighted by molar-refractivity contribution is 0.0958. The molecule has 5 rings (SSSR count). The van der Waals surface area contributed by atoms with Gasteiger partial charge < -0.3 is 4.42 Å². The Kier molecular flexibility index (Phi) is 4.11. The van der Waals surface area contributed by atoms with E-state index in [9.17, 15) is 10.1 Å². The van der Waals surface area contributed by atoms with Crippen LogP contribution in [0.1, 0.15) is 27.7 Å². The third-order valence-corrected chi connectivity index (χ3v) is 6.12. The Morgan fingerprint density at radius 3 is 2.41 bits per heavy atom. The van der Waals surface area contributed by atoms with Crippen molar-refractivity contribution in [3.8, 4) is 17.5 Å². The molecule has 1 saturated carbocycles. The number of thiophene rings is 1. The number of nitriles is 1. The van der Waals surface area contributed by atoms with E-state index in [4.69, 9.17) is 4.42 Å². The minimum absolute atomic E-state index is 0.0684. The van der Waals surface area contributed by atoms with Crippen molar-refractivity contribution in [2.45, 2.75) is 11.3 Å². The normalized spacial score (nSPS) is 22.7. The van der Waals surface area contributed by atoms with Crippen LogP contribution in [-0.2, 0) is 5.41 Å². The second-order valence-corrected chi connectivity index (χ2v) is 7.78. The summed E-state index contributed by atoms with van der Waals surface area (Å²) in [5.74, 6) is -0.420. The molecule has 5 nitrogen and oxygen atoms in total. The van der Waals surface area contributed by atoms with Crippen LogP contribution < -0.4 is 0 Å². The standard InChI is InChI=1S/C23H15N3O2S/c24-14-23(22-26-25-21(28-22)16-9-5-2-6-10-16)18(15-7-3-1-4-8-15)19(23)20(27)17-11-12-29-13-17/h1-13,18-19H/t18-,19+,23+/m0/s1. The number of carbonyl (C=O) groups excluding carboxylic acids is 1. The lowest BCUT2D eigenvalue weighted by atomic mass is 9.99. The zero-order chi connectivity index (χ0) is 19.8. The quantitative estimate of drug-likeness (QED) is 0.450. The minimum atomic E-state index is -1.17. The van der Waals surface area contributed by atoms with Crippen LogP contribution in [0.25, 0.3) is 11.5 Å². The SMILES string of the molecule is N#C[C@]1(c2nnc(-c3ccccc3)o2)[C@@H](C(=O)c2ccsc2)[C@@H]1c1ccccc1. The van der Waals surface area contributed by atoms with Crippen LogP contribution in [0.3, 0.4) is 0 Å². The summed E-state index contributed by atoms with van der Waals surface area (Å²) in [6.45, 7) is 0. The van der Waals surface area contributed by atoms with E-state index in [1.807, 2.05) is 71.4 Å². The number of carbonyl (C=O) groups is 1. The van der Waals surface area contributed by atoms with E-state index in [2.05, 4.69) is 16.3 Å². The van der Waals surface area contributed by atoms with Crippen molar-refractivity contribution >= 4 is 17.1 Å². The fourth-order valence-electron chi connectivity index (χ4n) is 3.99. The fourth-order valence-corrected chi connectivity index (χ4v) is 4.63. The zero-order valence-corrected chi connectivity index (χ0v) is 16.0. The molecular weight excluding hydrogens is 382 g/mol. The van der Waals surface area contributed by atoms with E-state index in [1.54, 1.807) is 6.07 Å². The Balaban J connectivity index is 1.60. The van der Waals surface area contributed by atoms with Gasteiger partial charge in [-0.15, -0.1) is 10.2 Å². The maximum Gasteiger partial charge on any atom is 0.247 e. The van der Waals surface area contributed by atoms with Gasteiger partial charge in [-0.25, -0.2) is 0 Å². The minimum Gasteiger partial charge on any atom is -0.419 e. The van der Waals surface area contributed by atoms with E-state index in [0.29, 0.717) is 11.5 Å². The number of hydrogen-bond acceptors (Lipinski definition) is 6. The molecule has 0 aliphatic heterocycles. The second kappa shape index (κ2) is 6.80. The van der Waals surface area contributed by atoms with Crippen LogP contribution in [0.5, 0.6) is 0 Å². The molecule has 0 bridgehead atoms. The Labute approximate surface area is 171 Å². The molecule has 29 heavy (non-hydrogen) atoms. The lowest BCUT2D eigenvalue weighted by Crippen LogP contribution is -2.14. The van der Waals surface area contributed by atoms with Gasteiger partial charge in [-0.2, -0.15) is 16.6 Å². The molecule has 0 N–H and O–H groups in total. The molecule has 0 radical (unpaired) electrons. The van der Waals surface area contributed by atoms with E-state index < -0.39 is 11.3 Å². The van der Waals surface area contributed by atoms with Gasteiger partial charge >= 0.3 is 0 Å². The van der Waals surface area contributed by atoms with Crippen molar-refractivity contribution < 1.29 is 9.21 Å². The van der Waals surface area contributed by atoms with Crippen LogP contribution in [0, 0.1) is 17.2 Å². The highest BCUT2D eigenvalue weighted by molar-refractivity contribution is 7.08. The number of ketones is 1. The van der Waals surface area contributed by atoms with Crippen LogP contribution in [-0.4, -0.2) is 16.0 Å². The Morgan fingerprint density at radius 2 is 1.76 bits per heavy atom. The molecule has 0 amide bonds. The molecule has 2 aromatic carbocycles. The molecule has 0 saturated heterocycles. The van der Waals surface area contributed by atoms with E-state index in [1.165, 1.54) is 11.3 Å². The van der Waals surface area contributed by atoms with E-state index in [-0.39, 0.29) is 17.6 Å². The summed E-state index contributed by atoms with van der Waals surface area (Å²) in [7, 11) is 0. The van der Waals surface area contributed by atoms with Crippen molar-refractivity contribution in [2.24, 2.45) is 5.92 Å². The van der Waals surface area contributed by atoms with Crippen molar-refractivity contribution in [2.75, 3.05) is 0 Å². The van der Waals surface area contributed by atoms with Crippen LogP contribution in [0.2, 0.25) is 0 Å². The van der Waals surface area contributed by atoms with Crippen molar-refractivity contribution in [1.29, 1.82) is 5.26 Å². The van der Waals surface area contributed by atoms with Gasteiger partial charge in [-0.3, -0.25) is 4.79 Å². The van der Waals surface area contributed by atoms with Crippen molar-refractivity contribution in [1.82, 2.24) is 10.2 Å². The van der Waals surface area contributed by atoms with E-state index in [0.717, 1.165) is 11.1 Å². The molecule has 0 unspecified atom stereocenters. The first-order chi connectivity index (χ1) is 14.3. The second-order valence-electron chi connectivity index (χ2n) is 7.00. The highest BCUT2D eigenvalue weighted by atomic mass is 32.1. The molecule has 2 aromatic heterocycles. The maximum atomic E-state index is 13.2. The summed E-state index contributed by atoms with van der Waals surface area (Å²) in [6.07, 6.45) is 0. The van der Waals surface area contributed by atoms with Gasteiger partial charge in [0.25, 0.3) is 0 Å². The average Bonchev–Trinajstić information content (AvgIpc) is 3.17. The molecule has 1 aliphatic carbocycles. The van der Waals surface area contributed by atoms with Crippen LogP contribution in [0.15, 0.2) is 81.9 Å². The predicted molar refractivity (Wildman–Crippen MR) is 108 cm³/mol. The largest absolute Gasteiger partial charge is 0.419 e. The third-order valence-electron chi connectivity index (χ3n) is 5.44. The Morgan fingerprint density at radius 1 is 1.03 bits per heavy atom. The first-order valence-corrected chi connectivity index (χ1v) is 10.1. The zero-order valence-electron chi connectivity index (χ0n) is 15.2. The summed E-state index contributed by atoms with van der Waals surface area (Å²) in [4.78, 5) is 13.2. The Hall–Kier alpha value is -3.56. The topological polar surface area (TPSA) is 79.8 Å². The van der Waals surface area contributed by atoms with Crippen molar-refractivity contribution in [3.63, 3.8) is 0 Å². The van der Waals surface area contributed by atoms with Gasteiger partial charge in [0.15, 0.2) is 11.2 Å². The number of benzene rings is 2. The van der Waals surface area contributed by atoms with Gasteiger partial charge in [0.05, 0.1) is 12.0 Å². The van der Waals surface area contributed by atoms with Gasteiger partial charge in [-0.05, 0) is 29.1 Å². The molecule has 0 spiro atoms. The average molecular weight is 397 g/mol. The highest BCUT2D eigenvalue weighted by Gasteiger charge is 2.73. The fraction of sp³-hybridized carbons (Fsp3) is 0.130. The first-order valence-electron chi connectivity index (χ1n) is 9.17. The number of hydrogen-bond donors (Lipinski definition) is 0. The smallest absolute Gasteiger partial charge is 0.247 e. The summed E-state index contributed by atoms with van der Waals surface area (Å²) in [5.41, 5.74) is 1.14. The summed E-state index contributed by atoms with van der Waals surface area (Å²) < 4.78 is 5.94.